The van der Waals surface area contributed by atoms with Crippen LogP contribution in [0, 0.1) is 18.7 Å². The van der Waals surface area contributed by atoms with Crippen molar-refractivity contribution in [2.75, 3.05) is 0 Å². The molecule has 1 aliphatic rings. The Kier molecular flexibility index (Phi) is 6.85. The van der Waals surface area contributed by atoms with E-state index in [0.29, 0.717) is 34.7 Å². The molecule has 156 valence electrons. The van der Waals surface area contributed by atoms with Crippen molar-refractivity contribution in [3.05, 3.63) is 47.4 Å². The number of carbonyl (C=O) groups is 1. The zero-order valence-corrected chi connectivity index (χ0v) is 17.2. The molecule has 0 aliphatic heterocycles. The van der Waals surface area contributed by atoms with E-state index in [1.807, 2.05) is 32.9 Å². The first-order chi connectivity index (χ1) is 13.9. The second-order valence-corrected chi connectivity index (χ2v) is 7.83. The molecule has 2 aromatic rings. The molecule has 3 rings (SSSR count). The van der Waals surface area contributed by atoms with Crippen molar-refractivity contribution < 1.29 is 23.8 Å². The van der Waals surface area contributed by atoms with E-state index < -0.39 is 5.82 Å². The first-order valence-electron chi connectivity index (χ1n) is 10.1. The Morgan fingerprint density at radius 2 is 2.07 bits per heavy atom. The molecule has 0 saturated heterocycles. The van der Waals surface area contributed by atoms with Crippen molar-refractivity contribution in [2.45, 2.75) is 65.3 Å². The highest BCUT2D eigenvalue weighted by molar-refractivity contribution is 5.72. The molecule has 0 unspecified atom stereocenters. The average Bonchev–Trinajstić information content (AvgIpc) is 2.69. The number of ether oxygens (including phenoxy) is 2. The van der Waals surface area contributed by atoms with Gasteiger partial charge >= 0.3 is 5.97 Å². The fourth-order valence-electron chi connectivity index (χ4n) is 3.74. The summed E-state index contributed by atoms with van der Waals surface area (Å²) in [6.07, 6.45) is 3.11. The van der Waals surface area contributed by atoms with Gasteiger partial charge in [-0.25, -0.2) is 9.37 Å². The summed E-state index contributed by atoms with van der Waals surface area (Å²) >= 11 is 0. The van der Waals surface area contributed by atoms with Crippen molar-refractivity contribution in [3.8, 4) is 17.0 Å². The number of aliphatic hydroxyl groups excluding tert-OH is 1. The molecular weight excluding hydrogens is 373 g/mol. The minimum atomic E-state index is -0.391. The number of rotatable bonds is 6. The molecule has 0 bridgehead atoms. The van der Waals surface area contributed by atoms with Gasteiger partial charge in [0.25, 0.3) is 0 Å². The Hall–Kier alpha value is -2.47. The van der Waals surface area contributed by atoms with Gasteiger partial charge in [-0.15, -0.1) is 0 Å². The highest BCUT2D eigenvalue weighted by atomic mass is 19.1. The molecule has 1 fully saturated rings. The molecule has 0 radical (unpaired) electrons. The normalized spacial score (nSPS) is 19.2. The van der Waals surface area contributed by atoms with Gasteiger partial charge in [0.05, 0.1) is 36.1 Å². The maximum atomic E-state index is 13.4. The van der Waals surface area contributed by atoms with E-state index in [1.165, 1.54) is 12.1 Å². The molecule has 29 heavy (non-hydrogen) atoms. The van der Waals surface area contributed by atoms with E-state index in [2.05, 4.69) is 4.98 Å². The average molecular weight is 401 g/mol. The van der Waals surface area contributed by atoms with Crippen molar-refractivity contribution in [3.63, 3.8) is 0 Å². The van der Waals surface area contributed by atoms with Gasteiger partial charge in [0, 0.05) is 5.56 Å². The van der Waals surface area contributed by atoms with Crippen LogP contribution >= 0.6 is 0 Å². The molecule has 1 aliphatic carbocycles. The number of benzene rings is 1. The SMILES string of the molecule is Cc1nc(-c2ccc(F)cc2CO)ccc1O[C@H]1CCC[C@H](C(=O)OC(C)C)C1. The lowest BCUT2D eigenvalue weighted by Crippen LogP contribution is -2.31. The van der Waals surface area contributed by atoms with Gasteiger partial charge in [-0.2, -0.15) is 0 Å². The Labute approximate surface area is 170 Å². The molecule has 1 saturated carbocycles. The van der Waals surface area contributed by atoms with Crippen molar-refractivity contribution in [1.82, 2.24) is 4.98 Å². The van der Waals surface area contributed by atoms with Crippen LogP contribution in [0.3, 0.4) is 0 Å². The molecule has 1 heterocycles. The largest absolute Gasteiger partial charge is 0.489 e. The number of halogens is 1. The second-order valence-electron chi connectivity index (χ2n) is 7.83. The van der Waals surface area contributed by atoms with Gasteiger partial charge in [-0.1, -0.05) is 0 Å². The highest BCUT2D eigenvalue weighted by Gasteiger charge is 2.30. The minimum Gasteiger partial charge on any atom is -0.489 e. The highest BCUT2D eigenvalue weighted by Crippen LogP contribution is 2.31. The van der Waals surface area contributed by atoms with Crippen LogP contribution in [0.2, 0.25) is 0 Å². The van der Waals surface area contributed by atoms with Crippen LogP contribution in [0.5, 0.6) is 5.75 Å². The van der Waals surface area contributed by atoms with E-state index in [-0.39, 0.29) is 30.7 Å². The predicted octanol–water partition coefficient (Wildman–Crippen LogP) is 4.58. The number of carbonyl (C=O) groups excluding carboxylic acids is 1. The maximum absolute atomic E-state index is 13.4. The summed E-state index contributed by atoms with van der Waals surface area (Å²) < 4.78 is 24.9. The third-order valence-corrected chi connectivity index (χ3v) is 5.16. The van der Waals surface area contributed by atoms with Crippen LogP contribution in [0.15, 0.2) is 30.3 Å². The zero-order valence-electron chi connectivity index (χ0n) is 17.2. The molecule has 6 heteroatoms. The van der Waals surface area contributed by atoms with Gasteiger partial charge in [0.1, 0.15) is 11.6 Å². The van der Waals surface area contributed by atoms with Crippen LogP contribution < -0.4 is 4.74 Å². The summed E-state index contributed by atoms with van der Waals surface area (Å²) in [5, 5.41) is 9.51. The van der Waals surface area contributed by atoms with Gasteiger partial charge < -0.3 is 14.6 Å². The monoisotopic (exact) mass is 401 g/mol. The lowest BCUT2D eigenvalue weighted by Gasteiger charge is -2.29. The molecule has 0 spiro atoms. The summed E-state index contributed by atoms with van der Waals surface area (Å²) in [6, 6.07) is 7.94. The first kappa shape index (κ1) is 21.2. The van der Waals surface area contributed by atoms with E-state index in [9.17, 15) is 14.3 Å². The fraction of sp³-hybridized carbons (Fsp3) is 0.478. The van der Waals surface area contributed by atoms with Crippen LogP contribution in [-0.2, 0) is 16.1 Å². The summed E-state index contributed by atoms with van der Waals surface area (Å²) in [4.78, 5) is 16.8. The number of aryl methyl sites for hydroxylation is 1. The van der Waals surface area contributed by atoms with Gasteiger partial charge in [-0.05, 0) is 82.3 Å². The summed E-state index contributed by atoms with van der Waals surface area (Å²) in [7, 11) is 0. The molecule has 5 nitrogen and oxygen atoms in total. The molecule has 2 atom stereocenters. The van der Waals surface area contributed by atoms with Crippen LogP contribution in [-0.4, -0.2) is 28.3 Å². The number of esters is 1. The standard InChI is InChI=1S/C23H28FNO4/c1-14(2)28-23(27)16-5-4-6-19(12-16)29-22-10-9-21(25-15(22)3)20-8-7-18(24)11-17(20)13-26/h7-11,14,16,19,26H,4-6,12-13H2,1-3H3/t16-,19-/m0/s1. The number of hydrogen-bond donors (Lipinski definition) is 1. The van der Waals surface area contributed by atoms with E-state index in [4.69, 9.17) is 9.47 Å². The summed E-state index contributed by atoms with van der Waals surface area (Å²) in [5.74, 6) is 0.00274. The Balaban J connectivity index is 1.72. The molecule has 1 aromatic heterocycles. The number of aromatic nitrogens is 1. The number of nitrogens with zero attached hydrogens (tertiary/aromatic N) is 1. The van der Waals surface area contributed by atoms with Crippen LogP contribution in [0.4, 0.5) is 4.39 Å². The third-order valence-electron chi connectivity index (χ3n) is 5.16. The Morgan fingerprint density at radius 1 is 1.28 bits per heavy atom. The van der Waals surface area contributed by atoms with Gasteiger partial charge in [0.2, 0.25) is 0 Å². The van der Waals surface area contributed by atoms with E-state index >= 15 is 0 Å². The van der Waals surface area contributed by atoms with Crippen molar-refractivity contribution >= 4 is 5.97 Å². The predicted molar refractivity (Wildman–Crippen MR) is 108 cm³/mol. The van der Waals surface area contributed by atoms with Crippen molar-refractivity contribution in [2.24, 2.45) is 5.92 Å². The Bertz CT molecular complexity index is 868. The number of aliphatic hydroxyl groups is 1. The van der Waals surface area contributed by atoms with Crippen LogP contribution in [0.25, 0.3) is 11.3 Å². The first-order valence-corrected chi connectivity index (χ1v) is 10.1. The topological polar surface area (TPSA) is 68.7 Å². The van der Waals surface area contributed by atoms with E-state index in [0.717, 1.165) is 19.3 Å². The van der Waals surface area contributed by atoms with Crippen molar-refractivity contribution in [1.29, 1.82) is 0 Å². The lowest BCUT2D eigenvalue weighted by atomic mass is 9.87. The fourth-order valence-corrected chi connectivity index (χ4v) is 3.74. The Morgan fingerprint density at radius 3 is 2.76 bits per heavy atom. The second kappa shape index (κ2) is 9.35. The number of hydrogen-bond acceptors (Lipinski definition) is 5. The maximum Gasteiger partial charge on any atom is 0.309 e. The minimum absolute atomic E-state index is 0.0568. The quantitative estimate of drug-likeness (QED) is 0.718. The smallest absolute Gasteiger partial charge is 0.309 e. The van der Waals surface area contributed by atoms with Crippen LogP contribution in [0.1, 0.15) is 50.8 Å². The van der Waals surface area contributed by atoms with E-state index in [1.54, 1.807) is 6.07 Å². The van der Waals surface area contributed by atoms with Gasteiger partial charge in [0.15, 0.2) is 0 Å². The number of pyridine rings is 1. The third kappa shape index (κ3) is 5.32. The van der Waals surface area contributed by atoms with Gasteiger partial charge in [-0.3, -0.25) is 4.79 Å². The zero-order chi connectivity index (χ0) is 21.0. The molecule has 0 amide bonds. The molecular formula is C23H28FNO4. The summed E-state index contributed by atoms with van der Waals surface area (Å²) in [5.41, 5.74) is 2.55. The lowest BCUT2D eigenvalue weighted by molar-refractivity contribution is -0.154. The molecule has 1 aromatic carbocycles. The summed E-state index contributed by atoms with van der Waals surface area (Å²) in [6.45, 7) is 5.31. The molecule has 1 N–H and O–H groups in total.